The molecular formula is C29H22Cl3N3O6S. The Labute approximate surface area is 257 Å². The fraction of sp³-hybridized carbons (Fsp3) is 0.0690. The second kappa shape index (κ2) is 13.7. The van der Waals surface area contributed by atoms with Gasteiger partial charge in [0.2, 0.25) is 0 Å². The third-order valence-electron chi connectivity index (χ3n) is 5.54. The van der Waals surface area contributed by atoms with Crippen molar-refractivity contribution < 1.29 is 27.5 Å². The first-order chi connectivity index (χ1) is 20.1. The number of benzene rings is 4. The topological polar surface area (TPSA) is 123 Å². The van der Waals surface area contributed by atoms with Crippen LogP contribution in [0.3, 0.4) is 0 Å². The molecule has 0 bridgehead atoms. The molecule has 0 atom stereocenters. The number of nitrogens with zero attached hydrogens (tertiary/aromatic N) is 1. The summed E-state index contributed by atoms with van der Waals surface area (Å²) in [6, 6.07) is 20.8. The lowest BCUT2D eigenvalue weighted by Crippen LogP contribution is -2.21. The van der Waals surface area contributed by atoms with Crippen LogP contribution in [0.15, 0.2) is 94.9 Å². The van der Waals surface area contributed by atoms with Gasteiger partial charge in [-0.1, -0.05) is 46.9 Å². The summed E-state index contributed by atoms with van der Waals surface area (Å²) < 4.78 is 39.1. The van der Waals surface area contributed by atoms with E-state index in [-0.39, 0.29) is 44.8 Å². The monoisotopic (exact) mass is 645 g/mol. The Morgan fingerprint density at radius 2 is 1.57 bits per heavy atom. The van der Waals surface area contributed by atoms with Crippen LogP contribution < -0.4 is 19.6 Å². The maximum atomic E-state index is 12.9. The molecule has 0 spiro atoms. The number of para-hydroxylation sites is 1. The lowest BCUT2D eigenvalue weighted by molar-refractivity contribution is 0.0728. The number of hydrogen-bond acceptors (Lipinski definition) is 7. The van der Waals surface area contributed by atoms with Gasteiger partial charge >= 0.3 is 5.97 Å². The smallest absolute Gasteiger partial charge is 0.345 e. The summed E-state index contributed by atoms with van der Waals surface area (Å²) >= 11 is 17.9. The highest BCUT2D eigenvalue weighted by molar-refractivity contribution is 7.92. The minimum Gasteiger partial charge on any atom is -0.490 e. The molecule has 1 amide bonds. The van der Waals surface area contributed by atoms with Gasteiger partial charge < -0.3 is 9.47 Å². The molecule has 0 saturated heterocycles. The van der Waals surface area contributed by atoms with Gasteiger partial charge in [0.15, 0.2) is 11.5 Å². The van der Waals surface area contributed by atoms with Crippen molar-refractivity contribution >= 4 is 68.6 Å². The number of anilines is 1. The molecule has 0 fully saturated rings. The third-order valence-corrected chi connectivity index (χ3v) is 7.72. The van der Waals surface area contributed by atoms with Gasteiger partial charge in [-0.05, 0) is 85.3 Å². The maximum absolute atomic E-state index is 12.9. The van der Waals surface area contributed by atoms with Crippen LogP contribution in [-0.2, 0) is 10.0 Å². The summed E-state index contributed by atoms with van der Waals surface area (Å²) in [5.41, 5.74) is 3.13. The second-order valence-electron chi connectivity index (χ2n) is 8.46. The zero-order chi connectivity index (χ0) is 30.3. The Morgan fingerprint density at radius 3 is 2.29 bits per heavy atom. The number of esters is 1. The standard InChI is InChI=1S/C29H22Cl3N3O6S/c1-2-40-27-15-18(7-14-26(27)41-29(37)22-13-10-20(31)16-24(22)32)17-33-34-28(36)23-5-3-4-6-25(23)35-42(38,39)21-11-8-19(30)9-12-21/h3-17,35H,2H2,1H3,(H,34,36)/b33-17-. The van der Waals surface area contributed by atoms with E-state index in [1.54, 1.807) is 31.2 Å². The highest BCUT2D eigenvalue weighted by Gasteiger charge is 2.19. The van der Waals surface area contributed by atoms with E-state index in [1.165, 1.54) is 66.9 Å². The quantitative estimate of drug-likeness (QED) is 0.0843. The highest BCUT2D eigenvalue weighted by Crippen LogP contribution is 2.30. The Morgan fingerprint density at radius 1 is 0.857 bits per heavy atom. The predicted octanol–water partition coefficient (Wildman–Crippen LogP) is 6.83. The van der Waals surface area contributed by atoms with E-state index in [0.29, 0.717) is 15.6 Å². The minimum absolute atomic E-state index is 0.0179. The minimum atomic E-state index is -3.98. The summed E-state index contributed by atoms with van der Waals surface area (Å²) in [5, 5.41) is 4.88. The Hall–Kier alpha value is -4.09. The first-order valence-electron chi connectivity index (χ1n) is 12.2. The van der Waals surface area contributed by atoms with Crippen LogP contribution in [0.25, 0.3) is 0 Å². The van der Waals surface area contributed by atoms with E-state index < -0.39 is 21.9 Å². The molecule has 216 valence electrons. The molecule has 0 heterocycles. The molecule has 13 heteroatoms. The number of carbonyl (C=O) groups excluding carboxylic acids is 2. The van der Waals surface area contributed by atoms with Crippen LogP contribution >= 0.6 is 34.8 Å². The molecule has 4 aromatic carbocycles. The number of ether oxygens (including phenoxy) is 2. The van der Waals surface area contributed by atoms with E-state index in [2.05, 4.69) is 15.2 Å². The normalized spacial score (nSPS) is 11.2. The lowest BCUT2D eigenvalue weighted by atomic mass is 10.2. The van der Waals surface area contributed by atoms with Crippen LogP contribution in [-0.4, -0.2) is 33.1 Å². The number of hydrazone groups is 1. The molecule has 0 radical (unpaired) electrons. The van der Waals surface area contributed by atoms with Crippen LogP contribution in [0.2, 0.25) is 15.1 Å². The summed E-state index contributed by atoms with van der Waals surface area (Å²) in [5.74, 6) is -0.947. The molecule has 0 aliphatic rings. The molecule has 42 heavy (non-hydrogen) atoms. The van der Waals surface area contributed by atoms with Crippen LogP contribution in [0.1, 0.15) is 33.2 Å². The van der Waals surface area contributed by atoms with Crippen molar-refractivity contribution in [3.05, 3.63) is 117 Å². The van der Waals surface area contributed by atoms with Gasteiger partial charge in [-0.15, -0.1) is 0 Å². The van der Waals surface area contributed by atoms with E-state index in [1.807, 2.05) is 0 Å². The SMILES string of the molecule is CCOc1cc(/C=N\NC(=O)c2ccccc2NS(=O)(=O)c2ccc(Cl)cc2)ccc1OC(=O)c1ccc(Cl)cc1Cl. The molecule has 0 aromatic heterocycles. The van der Waals surface area contributed by atoms with Crippen LogP contribution in [0.5, 0.6) is 11.5 Å². The van der Waals surface area contributed by atoms with Gasteiger partial charge in [0, 0.05) is 10.0 Å². The van der Waals surface area contributed by atoms with E-state index in [0.717, 1.165) is 0 Å². The number of sulfonamides is 1. The van der Waals surface area contributed by atoms with Gasteiger partial charge in [0.1, 0.15) is 0 Å². The number of carbonyl (C=O) groups is 2. The Bertz CT molecular complexity index is 1760. The fourth-order valence-corrected chi connectivity index (χ4v) is 5.27. The number of amides is 1. The average molecular weight is 647 g/mol. The van der Waals surface area contributed by atoms with Gasteiger partial charge in [0.05, 0.1) is 39.6 Å². The zero-order valence-corrected chi connectivity index (χ0v) is 24.9. The molecule has 9 nitrogen and oxygen atoms in total. The van der Waals surface area contributed by atoms with Crippen LogP contribution in [0, 0.1) is 0 Å². The van der Waals surface area contributed by atoms with Crippen molar-refractivity contribution in [3.63, 3.8) is 0 Å². The van der Waals surface area contributed by atoms with Crippen molar-refractivity contribution in [3.8, 4) is 11.5 Å². The Balaban J connectivity index is 1.47. The summed E-state index contributed by atoms with van der Waals surface area (Å²) in [7, 11) is -3.98. The van der Waals surface area contributed by atoms with Crippen LogP contribution in [0.4, 0.5) is 5.69 Å². The van der Waals surface area contributed by atoms with Gasteiger partial charge in [-0.3, -0.25) is 9.52 Å². The van der Waals surface area contributed by atoms with Gasteiger partial charge in [0.25, 0.3) is 15.9 Å². The molecule has 2 N–H and O–H groups in total. The largest absolute Gasteiger partial charge is 0.490 e. The Kier molecular flexibility index (Phi) is 10.1. The van der Waals surface area contributed by atoms with Gasteiger partial charge in [-0.2, -0.15) is 5.10 Å². The molecule has 4 aromatic rings. The maximum Gasteiger partial charge on any atom is 0.345 e. The van der Waals surface area contributed by atoms with Crippen molar-refractivity contribution in [2.24, 2.45) is 5.10 Å². The molecule has 0 unspecified atom stereocenters. The van der Waals surface area contributed by atoms with Gasteiger partial charge in [-0.25, -0.2) is 18.6 Å². The number of rotatable bonds is 10. The third kappa shape index (κ3) is 7.80. The molecule has 0 saturated carbocycles. The first kappa shape index (κ1) is 30.9. The van der Waals surface area contributed by atoms with Crippen molar-refractivity contribution in [2.75, 3.05) is 11.3 Å². The highest BCUT2D eigenvalue weighted by atomic mass is 35.5. The summed E-state index contributed by atoms with van der Waals surface area (Å²) in [4.78, 5) is 25.5. The predicted molar refractivity (Wildman–Crippen MR) is 163 cm³/mol. The van der Waals surface area contributed by atoms with E-state index >= 15 is 0 Å². The fourth-order valence-electron chi connectivity index (χ4n) is 3.58. The number of nitrogens with one attached hydrogen (secondary N) is 2. The van der Waals surface area contributed by atoms with E-state index in [9.17, 15) is 18.0 Å². The second-order valence-corrected chi connectivity index (χ2v) is 11.4. The first-order valence-corrected chi connectivity index (χ1v) is 14.8. The summed E-state index contributed by atoms with van der Waals surface area (Å²) in [6.07, 6.45) is 1.35. The molecule has 4 rings (SSSR count). The van der Waals surface area contributed by atoms with E-state index in [4.69, 9.17) is 44.3 Å². The van der Waals surface area contributed by atoms with Crippen molar-refractivity contribution in [2.45, 2.75) is 11.8 Å². The molecule has 0 aliphatic carbocycles. The lowest BCUT2D eigenvalue weighted by Gasteiger charge is -2.12. The molecular weight excluding hydrogens is 625 g/mol. The number of halogens is 3. The zero-order valence-electron chi connectivity index (χ0n) is 21.8. The average Bonchev–Trinajstić information content (AvgIpc) is 2.94. The number of hydrogen-bond donors (Lipinski definition) is 2. The summed E-state index contributed by atoms with van der Waals surface area (Å²) in [6.45, 7) is 2.05. The molecule has 0 aliphatic heterocycles. The van der Waals surface area contributed by atoms with Crippen molar-refractivity contribution in [1.29, 1.82) is 0 Å². The van der Waals surface area contributed by atoms with Crippen molar-refractivity contribution in [1.82, 2.24) is 5.43 Å².